The lowest BCUT2D eigenvalue weighted by Crippen LogP contribution is -2.51. The lowest BCUT2D eigenvalue weighted by Gasteiger charge is -2.46. The van der Waals surface area contributed by atoms with Crippen LogP contribution < -0.4 is 10.1 Å². The van der Waals surface area contributed by atoms with E-state index in [-0.39, 0.29) is 17.6 Å². The van der Waals surface area contributed by atoms with Gasteiger partial charge in [-0.15, -0.1) is 0 Å². The monoisotopic (exact) mass is 419 g/mol. The van der Waals surface area contributed by atoms with Gasteiger partial charge in [0.1, 0.15) is 16.2 Å². The number of likely N-dealkylation sites (tertiary alicyclic amines) is 1. The van der Waals surface area contributed by atoms with Gasteiger partial charge in [-0.1, -0.05) is 48.5 Å². The molecule has 30 heavy (non-hydrogen) atoms. The predicted octanol–water partition coefficient (Wildman–Crippen LogP) is 4.53. The summed E-state index contributed by atoms with van der Waals surface area (Å²) in [7, 11) is 2.15. The highest BCUT2D eigenvalue weighted by Crippen LogP contribution is 2.44. The zero-order valence-corrected chi connectivity index (χ0v) is 17.8. The molecule has 0 saturated carbocycles. The summed E-state index contributed by atoms with van der Waals surface area (Å²) < 4.78 is 11.0. The molecule has 1 N–H and O–H groups in total. The van der Waals surface area contributed by atoms with Crippen molar-refractivity contribution >= 4 is 17.4 Å². The van der Waals surface area contributed by atoms with Gasteiger partial charge in [0.25, 0.3) is 5.91 Å². The number of hydrogen-bond acceptors (Lipinski definition) is 5. The summed E-state index contributed by atoms with van der Waals surface area (Å²) in [6.07, 6.45) is 2.75. The van der Waals surface area contributed by atoms with E-state index in [9.17, 15) is 4.79 Å². The third kappa shape index (κ3) is 3.73. The number of amides is 1. The van der Waals surface area contributed by atoms with Crippen molar-refractivity contribution in [1.29, 1.82) is 0 Å². The number of hydrogen-bond donors (Lipinski definition) is 1. The van der Waals surface area contributed by atoms with Crippen molar-refractivity contribution < 1.29 is 9.53 Å². The number of aromatic nitrogens is 1. The Kier molecular flexibility index (Phi) is 5.05. The van der Waals surface area contributed by atoms with Gasteiger partial charge in [-0.05, 0) is 43.6 Å². The second kappa shape index (κ2) is 7.85. The van der Waals surface area contributed by atoms with Crippen molar-refractivity contribution in [2.45, 2.75) is 30.9 Å². The smallest absolute Gasteiger partial charge is 0.263 e. The Hall–Kier alpha value is -2.70. The van der Waals surface area contributed by atoms with Crippen LogP contribution in [0.1, 0.15) is 40.5 Å². The van der Waals surface area contributed by atoms with Gasteiger partial charge in [0, 0.05) is 30.6 Å². The fourth-order valence-corrected chi connectivity index (χ4v) is 5.10. The van der Waals surface area contributed by atoms with E-state index in [0.29, 0.717) is 4.88 Å². The average molecular weight is 420 g/mol. The average Bonchev–Trinajstić information content (AvgIpc) is 3.27. The normalized spacial score (nSPS) is 20.4. The van der Waals surface area contributed by atoms with Gasteiger partial charge < -0.3 is 15.0 Å². The highest BCUT2D eigenvalue weighted by atomic mass is 32.1. The molecule has 1 unspecified atom stereocenters. The first-order chi connectivity index (χ1) is 14.6. The van der Waals surface area contributed by atoms with Crippen molar-refractivity contribution in [3.8, 4) is 17.0 Å². The van der Waals surface area contributed by atoms with E-state index in [0.717, 1.165) is 54.9 Å². The van der Waals surface area contributed by atoms with Gasteiger partial charge in [0.2, 0.25) is 0 Å². The second-order valence-electron chi connectivity index (χ2n) is 8.30. The molecular formula is C24H25N3O2S. The van der Waals surface area contributed by atoms with Crippen LogP contribution in [-0.2, 0) is 0 Å². The summed E-state index contributed by atoms with van der Waals surface area (Å²) in [5.41, 5.74) is 2.71. The maximum Gasteiger partial charge on any atom is 0.263 e. The molecule has 0 bridgehead atoms. The number of fused-ring (bicyclic) bond motifs is 1. The molecule has 5 rings (SSSR count). The summed E-state index contributed by atoms with van der Waals surface area (Å²) in [6, 6.07) is 19.9. The molecule has 3 aromatic rings. The Labute approximate surface area is 180 Å². The Balaban J connectivity index is 1.38. The van der Waals surface area contributed by atoms with E-state index >= 15 is 0 Å². The minimum atomic E-state index is -0.207. The molecule has 1 saturated heterocycles. The zero-order chi connectivity index (χ0) is 20.6. The standard InChI is InChI=1S/C24H25N3O2S/c1-27-13-11-24(12-14-27)16-20(18-9-5-6-10-21(18)29-24)25-23(28)22-15-19(26-30-22)17-7-3-2-4-8-17/h2-10,15,20H,11-14,16H2,1H3,(H,25,28). The molecule has 1 atom stereocenters. The summed E-state index contributed by atoms with van der Waals surface area (Å²) in [4.78, 5) is 16.1. The third-order valence-electron chi connectivity index (χ3n) is 6.20. The maximum atomic E-state index is 13.1. The number of nitrogens with one attached hydrogen (secondary N) is 1. The molecule has 0 radical (unpaired) electrons. The molecule has 2 aliphatic rings. The molecule has 1 spiro atoms. The zero-order valence-electron chi connectivity index (χ0n) is 17.0. The summed E-state index contributed by atoms with van der Waals surface area (Å²) in [5, 5.41) is 3.28. The van der Waals surface area contributed by atoms with Crippen LogP contribution >= 0.6 is 11.5 Å². The summed E-state index contributed by atoms with van der Waals surface area (Å²) in [5.74, 6) is 0.826. The molecule has 3 heterocycles. The number of piperidine rings is 1. The van der Waals surface area contributed by atoms with Gasteiger partial charge in [-0.2, -0.15) is 4.37 Å². The third-order valence-corrected chi connectivity index (χ3v) is 6.99. The molecule has 1 fully saturated rings. The predicted molar refractivity (Wildman–Crippen MR) is 119 cm³/mol. The number of ether oxygens (including phenoxy) is 1. The number of carbonyl (C=O) groups excluding carboxylic acids is 1. The van der Waals surface area contributed by atoms with Crippen LogP contribution in [0.25, 0.3) is 11.3 Å². The molecule has 5 nitrogen and oxygen atoms in total. The van der Waals surface area contributed by atoms with Crippen molar-refractivity contribution in [3.63, 3.8) is 0 Å². The van der Waals surface area contributed by atoms with Crippen molar-refractivity contribution in [2.75, 3.05) is 20.1 Å². The van der Waals surface area contributed by atoms with Crippen LogP contribution in [-0.4, -0.2) is 40.9 Å². The lowest BCUT2D eigenvalue weighted by atomic mass is 9.80. The first-order valence-corrected chi connectivity index (χ1v) is 11.2. The van der Waals surface area contributed by atoms with Gasteiger partial charge in [0.05, 0.1) is 11.7 Å². The Morgan fingerprint density at radius 1 is 1.13 bits per heavy atom. The van der Waals surface area contributed by atoms with E-state index in [1.54, 1.807) is 0 Å². The molecule has 154 valence electrons. The van der Waals surface area contributed by atoms with Crippen LogP contribution in [0, 0.1) is 0 Å². The second-order valence-corrected chi connectivity index (χ2v) is 9.10. The van der Waals surface area contributed by atoms with Gasteiger partial charge in [0.15, 0.2) is 0 Å². The van der Waals surface area contributed by atoms with Gasteiger partial charge in [-0.3, -0.25) is 4.79 Å². The number of para-hydroxylation sites is 1. The van der Waals surface area contributed by atoms with E-state index in [1.807, 2.05) is 54.6 Å². The molecule has 2 aromatic carbocycles. The Morgan fingerprint density at radius 3 is 2.67 bits per heavy atom. The highest BCUT2D eigenvalue weighted by molar-refractivity contribution is 7.08. The largest absolute Gasteiger partial charge is 0.487 e. The summed E-state index contributed by atoms with van der Waals surface area (Å²) >= 11 is 1.25. The van der Waals surface area contributed by atoms with Crippen molar-refractivity contribution in [1.82, 2.24) is 14.6 Å². The quantitative estimate of drug-likeness (QED) is 0.678. The molecule has 1 aromatic heterocycles. The topological polar surface area (TPSA) is 54.5 Å². The molecule has 0 aliphatic carbocycles. The SMILES string of the molecule is CN1CCC2(CC1)CC(NC(=O)c1cc(-c3ccccc3)ns1)c1ccccc1O2. The van der Waals surface area contributed by atoms with Gasteiger partial charge >= 0.3 is 0 Å². The van der Waals surface area contributed by atoms with E-state index in [1.165, 1.54) is 11.5 Å². The molecular weight excluding hydrogens is 394 g/mol. The number of nitrogens with zero attached hydrogens (tertiary/aromatic N) is 2. The van der Waals surface area contributed by atoms with Crippen LogP contribution in [0.4, 0.5) is 0 Å². The lowest BCUT2D eigenvalue weighted by molar-refractivity contribution is -0.0195. The minimum absolute atomic E-state index is 0.0619. The fourth-order valence-electron chi connectivity index (χ4n) is 4.44. The molecule has 2 aliphatic heterocycles. The van der Waals surface area contributed by atoms with Gasteiger partial charge in [-0.25, -0.2) is 0 Å². The molecule has 6 heteroatoms. The van der Waals surface area contributed by atoms with Crippen LogP contribution in [0.5, 0.6) is 5.75 Å². The minimum Gasteiger partial charge on any atom is -0.487 e. The van der Waals surface area contributed by atoms with Crippen LogP contribution in [0.15, 0.2) is 60.7 Å². The number of rotatable bonds is 3. The van der Waals surface area contributed by atoms with E-state index < -0.39 is 0 Å². The number of benzene rings is 2. The van der Waals surface area contributed by atoms with E-state index in [4.69, 9.17) is 4.74 Å². The Morgan fingerprint density at radius 2 is 1.87 bits per heavy atom. The first-order valence-electron chi connectivity index (χ1n) is 10.4. The fraction of sp³-hybridized carbons (Fsp3) is 0.333. The van der Waals surface area contributed by atoms with E-state index in [2.05, 4.69) is 27.7 Å². The van der Waals surface area contributed by atoms with Crippen molar-refractivity contribution in [3.05, 3.63) is 71.1 Å². The highest BCUT2D eigenvalue weighted by Gasteiger charge is 2.43. The van der Waals surface area contributed by atoms with Crippen LogP contribution in [0.2, 0.25) is 0 Å². The van der Waals surface area contributed by atoms with Crippen molar-refractivity contribution in [2.24, 2.45) is 0 Å². The number of carbonyl (C=O) groups is 1. The maximum absolute atomic E-state index is 13.1. The summed E-state index contributed by atoms with van der Waals surface area (Å²) in [6.45, 7) is 2.02. The van der Waals surface area contributed by atoms with Crippen LogP contribution in [0.3, 0.4) is 0 Å². The Bertz CT molecular complexity index is 1040. The first kappa shape index (κ1) is 19.3. The molecule has 1 amide bonds.